The van der Waals surface area contributed by atoms with Crippen LogP contribution in [-0.2, 0) is 12.6 Å². The fourth-order valence-corrected chi connectivity index (χ4v) is 3.06. The fraction of sp³-hybridized carbons (Fsp3) is 0.500. The number of aromatic carboxylic acids is 1. The third-order valence-corrected chi connectivity index (χ3v) is 3.82. The fourth-order valence-electron chi connectivity index (χ4n) is 1.92. The van der Waals surface area contributed by atoms with Crippen LogP contribution in [0, 0.1) is 0 Å². The molecule has 0 aliphatic rings. The summed E-state index contributed by atoms with van der Waals surface area (Å²) in [6, 6.07) is 1.92. The normalized spacial score (nSPS) is 11.9. The SMILES string of the molecule is CCCc1c(C(=O)O)ccc(C(F)(F)F)c1SC(C)C. The van der Waals surface area contributed by atoms with Crippen molar-refractivity contribution in [2.75, 3.05) is 0 Å². The molecule has 1 aromatic carbocycles. The summed E-state index contributed by atoms with van der Waals surface area (Å²) < 4.78 is 39.3. The largest absolute Gasteiger partial charge is 0.478 e. The highest BCUT2D eigenvalue weighted by Crippen LogP contribution is 2.41. The quantitative estimate of drug-likeness (QED) is 0.790. The second-order valence-electron chi connectivity index (χ2n) is 4.69. The van der Waals surface area contributed by atoms with Gasteiger partial charge in [-0.15, -0.1) is 11.8 Å². The lowest BCUT2D eigenvalue weighted by Gasteiger charge is -2.19. The monoisotopic (exact) mass is 306 g/mol. The van der Waals surface area contributed by atoms with Crippen molar-refractivity contribution in [2.24, 2.45) is 0 Å². The van der Waals surface area contributed by atoms with Crippen LogP contribution in [0.15, 0.2) is 17.0 Å². The van der Waals surface area contributed by atoms with E-state index in [0.717, 1.165) is 23.9 Å². The molecular formula is C14H17F3O2S. The number of carbonyl (C=O) groups is 1. The van der Waals surface area contributed by atoms with Crippen LogP contribution < -0.4 is 0 Å². The van der Waals surface area contributed by atoms with Gasteiger partial charge in [-0.25, -0.2) is 4.79 Å². The molecule has 0 saturated heterocycles. The summed E-state index contributed by atoms with van der Waals surface area (Å²) in [5.41, 5.74) is -0.499. The molecule has 1 N–H and O–H groups in total. The number of rotatable bonds is 5. The maximum atomic E-state index is 13.1. The summed E-state index contributed by atoms with van der Waals surface area (Å²) in [5.74, 6) is -1.19. The van der Waals surface area contributed by atoms with Crippen molar-refractivity contribution in [3.8, 4) is 0 Å². The molecule has 0 amide bonds. The molecule has 1 rings (SSSR count). The van der Waals surface area contributed by atoms with E-state index in [9.17, 15) is 18.0 Å². The number of thioether (sulfide) groups is 1. The minimum Gasteiger partial charge on any atom is -0.478 e. The third-order valence-electron chi connectivity index (χ3n) is 2.65. The van der Waals surface area contributed by atoms with Crippen LogP contribution in [-0.4, -0.2) is 16.3 Å². The first-order valence-electron chi connectivity index (χ1n) is 6.31. The van der Waals surface area contributed by atoms with E-state index in [0.29, 0.717) is 12.8 Å². The Morgan fingerprint density at radius 3 is 2.35 bits per heavy atom. The van der Waals surface area contributed by atoms with Crippen LogP contribution in [0.5, 0.6) is 0 Å². The summed E-state index contributed by atoms with van der Waals surface area (Å²) in [7, 11) is 0. The molecule has 0 unspecified atom stereocenters. The van der Waals surface area contributed by atoms with E-state index in [1.165, 1.54) is 0 Å². The van der Waals surface area contributed by atoms with Gasteiger partial charge in [0.05, 0.1) is 11.1 Å². The van der Waals surface area contributed by atoms with Crippen LogP contribution in [0.3, 0.4) is 0 Å². The Kier molecular flexibility index (Phi) is 5.50. The Morgan fingerprint density at radius 1 is 1.35 bits per heavy atom. The van der Waals surface area contributed by atoms with Crippen LogP contribution in [0.2, 0.25) is 0 Å². The van der Waals surface area contributed by atoms with Crippen LogP contribution >= 0.6 is 11.8 Å². The maximum Gasteiger partial charge on any atom is 0.417 e. The summed E-state index contributed by atoms with van der Waals surface area (Å²) in [6.45, 7) is 5.39. The van der Waals surface area contributed by atoms with Gasteiger partial charge in [0.1, 0.15) is 0 Å². The highest BCUT2D eigenvalue weighted by molar-refractivity contribution is 8.00. The zero-order valence-electron chi connectivity index (χ0n) is 11.5. The predicted octanol–water partition coefficient (Wildman–Crippen LogP) is 4.86. The molecule has 0 radical (unpaired) electrons. The number of carboxylic acids is 1. The molecule has 0 aromatic heterocycles. The van der Waals surface area contributed by atoms with E-state index in [4.69, 9.17) is 5.11 Å². The molecule has 20 heavy (non-hydrogen) atoms. The van der Waals surface area contributed by atoms with Crippen LogP contribution in [0.4, 0.5) is 13.2 Å². The Labute approximate surface area is 120 Å². The second-order valence-corrected chi connectivity index (χ2v) is 6.27. The molecule has 6 heteroatoms. The summed E-state index contributed by atoms with van der Waals surface area (Å²) in [6.07, 6.45) is -3.56. The summed E-state index contributed by atoms with van der Waals surface area (Å²) in [5, 5.41) is 9.09. The average Bonchev–Trinajstić information content (AvgIpc) is 2.28. The Morgan fingerprint density at radius 2 is 1.95 bits per heavy atom. The highest BCUT2D eigenvalue weighted by atomic mass is 32.2. The highest BCUT2D eigenvalue weighted by Gasteiger charge is 2.35. The van der Waals surface area contributed by atoms with Crippen LogP contribution in [0.1, 0.15) is 48.7 Å². The van der Waals surface area contributed by atoms with E-state index < -0.39 is 17.7 Å². The predicted molar refractivity (Wildman–Crippen MR) is 73.4 cm³/mol. The van der Waals surface area contributed by atoms with E-state index >= 15 is 0 Å². The van der Waals surface area contributed by atoms with Crippen molar-refractivity contribution in [2.45, 2.75) is 49.9 Å². The van der Waals surface area contributed by atoms with Gasteiger partial charge in [-0.2, -0.15) is 13.2 Å². The number of hydrogen-bond donors (Lipinski definition) is 1. The first-order chi connectivity index (χ1) is 9.18. The number of alkyl halides is 3. The lowest BCUT2D eigenvalue weighted by molar-refractivity contribution is -0.139. The Bertz CT molecular complexity index is 496. The van der Waals surface area contributed by atoms with Gasteiger partial charge in [-0.1, -0.05) is 27.2 Å². The molecular weight excluding hydrogens is 289 g/mol. The van der Waals surface area contributed by atoms with Gasteiger partial charge in [-0.3, -0.25) is 0 Å². The van der Waals surface area contributed by atoms with Crippen molar-refractivity contribution in [1.29, 1.82) is 0 Å². The second kappa shape index (κ2) is 6.52. The zero-order valence-corrected chi connectivity index (χ0v) is 12.4. The van der Waals surface area contributed by atoms with Gasteiger partial charge in [-0.05, 0) is 24.1 Å². The van der Waals surface area contributed by atoms with Crippen molar-refractivity contribution < 1.29 is 23.1 Å². The van der Waals surface area contributed by atoms with E-state index in [2.05, 4.69) is 0 Å². The zero-order chi connectivity index (χ0) is 15.5. The molecule has 1 aromatic rings. The van der Waals surface area contributed by atoms with Crippen LogP contribution in [0.25, 0.3) is 0 Å². The molecule has 0 bridgehead atoms. The average molecular weight is 306 g/mol. The smallest absolute Gasteiger partial charge is 0.417 e. The van der Waals surface area contributed by atoms with Crippen molar-refractivity contribution in [3.63, 3.8) is 0 Å². The summed E-state index contributed by atoms with van der Waals surface area (Å²) >= 11 is 1.07. The molecule has 0 aliphatic carbocycles. The third kappa shape index (κ3) is 3.91. The molecule has 112 valence electrons. The summed E-state index contributed by atoms with van der Waals surface area (Å²) in [4.78, 5) is 11.3. The van der Waals surface area contributed by atoms with Gasteiger partial charge >= 0.3 is 12.1 Å². The molecule has 0 saturated carbocycles. The number of hydrogen-bond acceptors (Lipinski definition) is 2. The van der Waals surface area contributed by atoms with E-state index in [1.807, 2.05) is 6.92 Å². The topological polar surface area (TPSA) is 37.3 Å². The van der Waals surface area contributed by atoms with Gasteiger partial charge < -0.3 is 5.11 Å². The van der Waals surface area contributed by atoms with Crippen molar-refractivity contribution in [1.82, 2.24) is 0 Å². The molecule has 0 spiro atoms. The molecule has 0 heterocycles. The van der Waals surface area contributed by atoms with Crippen molar-refractivity contribution >= 4 is 17.7 Å². The van der Waals surface area contributed by atoms with Gasteiger partial charge in [0.15, 0.2) is 0 Å². The van der Waals surface area contributed by atoms with E-state index in [1.54, 1.807) is 13.8 Å². The number of benzene rings is 1. The Balaban J connectivity index is 3.56. The minimum atomic E-state index is -4.48. The minimum absolute atomic E-state index is 0.0389. The number of carboxylic acid groups (broad SMARTS) is 1. The molecule has 2 nitrogen and oxygen atoms in total. The lowest BCUT2D eigenvalue weighted by Crippen LogP contribution is -2.13. The Hall–Kier alpha value is -1.17. The number of halogens is 3. The van der Waals surface area contributed by atoms with Gasteiger partial charge in [0, 0.05) is 10.1 Å². The standard InChI is InChI=1S/C14H17F3O2S/c1-4-5-9-10(13(18)19)6-7-11(14(15,16)17)12(9)20-8(2)3/h6-8H,4-5H2,1-3H3,(H,18,19). The molecule has 0 atom stereocenters. The first-order valence-corrected chi connectivity index (χ1v) is 7.19. The van der Waals surface area contributed by atoms with Crippen molar-refractivity contribution in [3.05, 3.63) is 28.8 Å². The lowest BCUT2D eigenvalue weighted by atomic mass is 9.99. The van der Waals surface area contributed by atoms with Gasteiger partial charge in [0.25, 0.3) is 0 Å². The van der Waals surface area contributed by atoms with E-state index in [-0.39, 0.29) is 21.3 Å². The molecule has 0 fully saturated rings. The maximum absolute atomic E-state index is 13.1. The van der Waals surface area contributed by atoms with Gasteiger partial charge in [0.2, 0.25) is 0 Å². The first kappa shape index (κ1) is 16.9. The molecule has 0 aliphatic heterocycles.